The summed E-state index contributed by atoms with van der Waals surface area (Å²) < 4.78 is 80.1. The van der Waals surface area contributed by atoms with E-state index < -0.39 is 39.5 Å². The summed E-state index contributed by atoms with van der Waals surface area (Å²) in [5.74, 6) is -1.57. The molecular formula is C22H17ClF4N2O3S. The molecule has 3 rings (SSSR count). The van der Waals surface area contributed by atoms with Crippen LogP contribution in [0.2, 0.25) is 5.02 Å². The van der Waals surface area contributed by atoms with Crippen molar-refractivity contribution in [3.8, 4) is 0 Å². The SMILES string of the molecule is O=C(Nc1cc(C(F)(F)F)ccc1Cl)C(Cc1ccccc1)NS(=O)(=O)c1ccc(F)cc1. The smallest absolute Gasteiger partial charge is 0.323 e. The molecular weight excluding hydrogens is 484 g/mol. The van der Waals surface area contributed by atoms with Gasteiger partial charge in [0.25, 0.3) is 0 Å². The van der Waals surface area contributed by atoms with Gasteiger partial charge in [-0.2, -0.15) is 17.9 Å². The van der Waals surface area contributed by atoms with Gasteiger partial charge >= 0.3 is 6.18 Å². The van der Waals surface area contributed by atoms with Crippen molar-refractivity contribution in [3.63, 3.8) is 0 Å². The van der Waals surface area contributed by atoms with Gasteiger partial charge in [-0.3, -0.25) is 4.79 Å². The topological polar surface area (TPSA) is 75.3 Å². The summed E-state index contributed by atoms with van der Waals surface area (Å²) in [7, 11) is -4.27. The van der Waals surface area contributed by atoms with Crippen molar-refractivity contribution in [2.45, 2.75) is 23.5 Å². The number of carbonyl (C=O) groups excluding carboxylic acids is 1. The monoisotopic (exact) mass is 500 g/mol. The largest absolute Gasteiger partial charge is 0.416 e. The fourth-order valence-corrected chi connectivity index (χ4v) is 4.28. The van der Waals surface area contributed by atoms with Crippen LogP contribution in [0.3, 0.4) is 0 Å². The first-order chi connectivity index (χ1) is 15.5. The highest BCUT2D eigenvalue weighted by molar-refractivity contribution is 7.89. The summed E-state index contributed by atoms with van der Waals surface area (Å²) >= 11 is 5.94. The summed E-state index contributed by atoms with van der Waals surface area (Å²) in [4.78, 5) is 12.7. The van der Waals surface area contributed by atoms with E-state index in [4.69, 9.17) is 11.6 Å². The normalized spacial score (nSPS) is 12.9. The van der Waals surface area contributed by atoms with Crippen LogP contribution in [-0.4, -0.2) is 20.4 Å². The quantitative estimate of drug-likeness (QED) is 0.447. The molecule has 0 aromatic heterocycles. The van der Waals surface area contributed by atoms with E-state index in [0.29, 0.717) is 11.6 Å². The van der Waals surface area contributed by atoms with E-state index in [1.54, 1.807) is 30.3 Å². The van der Waals surface area contributed by atoms with E-state index in [2.05, 4.69) is 10.0 Å². The van der Waals surface area contributed by atoms with Gasteiger partial charge in [0.05, 0.1) is 21.2 Å². The lowest BCUT2D eigenvalue weighted by Gasteiger charge is -2.20. The van der Waals surface area contributed by atoms with Crippen LogP contribution in [0.4, 0.5) is 23.2 Å². The van der Waals surface area contributed by atoms with E-state index in [9.17, 15) is 30.8 Å². The van der Waals surface area contributed by atoms with E-state index in [1.165, 1.54) is 0 Å². The van der Waals surface area contributed by atoms with Gasteiger partial charge in [0.2, 0.25) is 15.9 Å². The van der Waals surface area contributed by atoms with Crippen molar-refractivity contribution in [2.24, 2.45) is 0 Å². The number of anilines is 1. The number of hydrogen-bond acceptors (Lipinski definition) is 3. The zero-order chi connectivity index (χ0) is 24.2. The minimum atomic E-state index is -4.67. The second kappa shape index (κ2) is 9.90. The summed E-state index contributed by atoms with van der Waals surface area (Å²) in [6.45, 7) is 0. The van der Waals surface area contributed by atoms with E-state index in [1.807, 2.05) is 0 Å². The molecule has 0 saturated carbocycles. The molecule has 1 atom stereocenters. The van der Waals surface area contributed by atoms with Crippen molar-refractivity contribution in [2.75, 3.05) is 5.32 Å². The highest BCUT2D eigenvalue weighted by atomic mass is 35.5. The highest BCUT2D eigenvalue weighted by Crippen LogP contribution is 2.34. The lowest BCUT2D eigenvalue weighted by atomic mass is 10.1. The van der Waals surface area contributed by atoms with Gasteiger partial charge < -0.3 is 5.32 Å². The predicted octanol–water partition coefficient (Wildman–Crippen LogP) is 5.03. The number of sulfonamides is 1. The minimum absolute atomic E-state index is 0.107. The number of hydrogen-bond donors (Lipinski definition) is 2. The number of amides is 1. The Morgan fingerprint density at radius 1 is 0.970 bits per heavy atom. The van der Waals surface area contributed by atoms with Crippen molar-refractivity contribution in [1.82, 2.24) is 4.72 Å². The molecule has 174 valence electrons. The van der Waals surface area contributed by atoms with Gasteiger partial charge in [0, 0.05) is 0 Å². The maximum absolute atomic E-state index is 13.2. The first-order valence-corrected chi connectivity index (χ1v) is 11.3. The molecule has 3 aromatic carbocycles. The Kier molecular flexibility index (Phi) is 7.41. The van der Waals surface area contributed by atoms with Crippen molar-refractivity contribution in [1.29, 1.82) is 0 Å². The van der Waals surface area contributed by atoms with Crippen LogP contribution in [0.15, 0.2) is 77.7 Å². The van der Waals surface area contributed by atoms with Crippen molar-refractivity contribution < 1.29 is 30.8 Å². The average Bonchev–Trinajstić information content (AvgIpc) is 2.75. The summed E-state index contributed by atoms with van der Waals surface area (Å²) in [6, 6.07) is 13.3. The van der Waals surface area contributed by atoms with Gasteiger partial charge in [0.1, 0.15) is 11.9 Å². The fraction of sp³-hybridized carbons (Fsp3) is 0.136. The van der Waals surface area contributed by atoms with Crippen molar-refractivity contribution >= 4 is 33.2 Å². The van der Waals surface area contributed by atoms with E-state index in [0.717, 1.165) is 36.4 Å². The third kappa shape index (κ3) is 6.53. The average molecular weight is 501 g/mol. The van der Waals surface area contributed by atoms with Crippen LogP contribution >= 0.6 is 11.6 Å². The van der Waals surface area contributed by atoms with Gasteiger partial charge in [-0.15, -0.1) is 0 Å². The Morgan fingerprint density at radius 2 is 1.61 bits per heavy atom. The lowest BCUT2D eigenvalue weighted by molar-refractivity contribution is -0.137. The Labute approximate surface area is 192 Å². The van der Waals surface area contributed by atoms with Crippen LogP contribution in [-0.2, 0) is 27.4 Å². The van der Waals surface area contributed by atoms with Crippen LogP contribution in [0.5, 0.6) is 0 Å². The molecule has 0 aliphatic rings. The molecule has 0 radical (unpaired) electrons. The molecule has 0 heterocycles. The lowest BCUT2D eigenvalue weighted by Crippen LogP contribution is -2.45. The Morgan fingerprint density at radius 3 is 2.21 bits per heavy atom. The first-order valence-electron chi connectivity index (χ1n) is 9.45. The second-order valence-corrected chi connectivity index (χ2v) is 9.12. The van der Waals surface area contributed by atoms with Crippen LogP contribution in [0.1, 0.15) is 11.1 Å². The maximum atomic E-state index is 13.2. The summed E-state index contributed by atoms with van der Waals surface area (Å²) in [5.41, 5.74) is -0.765. The predicted molar refractivity (Wildman–Crippen MR) is 116 cm³/mol. The molecule has 0 aliphatic carbocycles. The van der Waals surface area contributed by atoms with Gasteiger partial charge in [-0.1, -0.05) is 41.9 Å². The third-order valence-corrected chi connectivity index (χ3v) is 6.39. The second-order valence-electron chi connectivity index (χ2n) is 7.00. The molecule has 0 fully saturated rings. The number of halogens is 5. The molecule has 0 aliphatic heterocycles. The van der Waals surface area contributed by atoms with Gasteiger partial charge in [-0.25, -0.2) is 12.8 Å². The molecule has 0 saturated heterocycles. The van der Waals surface area contributed by atoms with E-state index >= 15 is 0 Å². The molecule has 2 N–H and O–H groups in total. The number of carbonyl (C=O) groups is 1. The molecule has 0 spiro atoms. The zero-order valence-corrected chi connectivity index (χ0v) is 18.3. The minimum Gasteiger partial charge on any atom is -0.323 e. The third-order valence-electron chi connectivity index (χ3n) is 4.57. The Balaban J connectivity index is 1.91. The standard InChI is InChI=1S/C22H17ClF4N2O3S/c23-18-11-6-15(22(25,26)27)13-19(18)28-21(30)20(12-14-4-2-1-3-5-14)29-33(31,32)17-9-7-16(24)8-10-17/h1-11,13,20,29H,12H2,(H,28,30). The van der Waals surface area contributed by atoms with Crippen molar-refractivity contribution in [3.05, 3.63) is 94.8 Å². The number of nitrogens with one attached hydrogen (secondary N) is 2. The van der Waals surface area contributed by atoms with Crippen LogP contribution in [0, 0.1) is 5.82 Å². The molecule has 5 nitrogen and oxygen atoms in total. The Hall–Kier alpha value is -2.95. The summed E-state index contributed by atoms with van der Waals surface area (Å²) in [5, 5.41) is 2.11. The molecule has 11 heteroatoms. The molecule has 0 bridgehead atoms. The fourth-order valence-electron chi connectivity index (χ4n) is 2.92. The first kappa shape index (κ1) is 24.7. The highest BCUT2D eigenvalue weighted by Gasteiger charge is 2.32. The zero-order valence-electron chi connectivity index (χ0n) is 16.7. The van der Waals surface area contributed by atoms with E-state index in [-0.39, 0.29) is 22.0 Å². The number of alkyl halides is 3. The summed E-state index contributed by atoms with van der Waals surface area (Å²) in [6.07, 6.45) is -4.78. The van der Waals surface area contributed by atoms with Gasteiger partial charge in [0.15, 0.2) is 0 Å². The molecule has 1 unspecified atom stereocenters. The van der Waals surface area contributed by atoms with Gasteiger partial charge in [-0.05, 0) is 54.4 Å². The number of rotatable bonds is 7. The Bertz CT molecular complexity index is 1230. The number of benzene rings is 3. The van der Waals surface area contributed by atoms with Crippen LogP contribution < -0.4 is 10.0 Å². The molecule has 3 aromatic rings. The maximum Gasteiger partial charge on any atom is 0.416 e. The molecule has 1 amide bonds. The van der Waals surface area contributed by atoms with Crippen LogP contribution in [0.25, 0.3) is 0 Å². The molecule has 33 heavy (non-hydrogen) atoms.